The zero-order chi connectivity index (χ0) is 12.5. The van der Waals surface area contributed by atoms with E-state index in [9.17, 15) is 4.79 Å². The fraction of sp³-hybridized carbons (Fsp3) is 0.364. The van der Waals surface area contributed by atoms with Gasteiger partial charge in [0, 0.05) is 6.54 Å². The second-order valence-electron chi connectivity index (χ2n) is 4.05. The molecule has 0 aromatic carbocycles. The lowest BCUT2D eigenvalue weighted by Gasteiger charge is -2.08. The number of hydrogen-bond acceptors (Lipinski definition) is 4. The van der Waals surface area contributed by atoms with Gasteiger partial charge in [-0.05, 0) is 25.3 Å². The number of rotatable bonds is 2. The molecule has 18 heavy (non-hydrogen) atoms. The van der Waals surface area contributed by atoms with Crippen molar-refractivity contribution in [2.75, 3.05) is 11.9 Å². The smallest absolute Gasteiger partial charge is 0.321 e. The minimum Gasteiger partial charge on any atom is -0.338 e. The van der Waals surface area contributed by atoms with Gasteiger partial charge >= 0.3 is 6.03 Å². The fourth-order valence-corrected chi connectivity index (χ4v) is 3.06. The summed E-state index contributed by atoms with van der Waals surface area (Å²) in [5.41, 5.74) is 3.29. The largest absolute Gasteiger partial charge is 0.338 e. The first kappa shape index (κ1) is 11.2. The van der Waals surface area contributed by atoms with E-state index >= 15 is 0 Å². The van der Waals surface area contributed by atoms with Gasteiger partial charge in [-0.2, -0.15) is 5.10 Å². The molecule has 0 atom stereocenters. The number of anilines is 1. The molecule has 7 heteroatoms. The zero-order valence-electron chi connectivity index (χ0n) is 9.91. The first-order valence-electron chi connectivity index (χ1n) is 5.85. The summed E-state index contributed by atoms with van der Waals surface area (Å²) in [5.74, 6) is 0. The van der Waals surface area contributed by atoms with E-state index in [2.05, 4.69) is 25.8 Å². The molecule has 0 radical (unpaired) electrons. The number of aromatic amines is 1. The molecule has 2 aromatic rings. The molecule has 2 heterocycles. The lowest BCUT2D eigenvalue weighted by molar-refractivity contribution is 0.252. The Balaban J connectivity index is 1.87. The molecule has 0 aliphatic heterocycles. The standard InChI is InChI=1S/C11H13N5OS/c1-2-12-10(17)15-11-14-7-4-3-6-5-13-16-8(6)9(7)18-11/h5H,2-4H2,1H3,(H,13,16)(H2,12,14,15,17). The van der Waals surface area contributed by atoms with Crippen molar-refractivity contribution in [1.29, 1.82) is 0 Å². The Labute approximate surface area is 108 Å². The Morgan fingerprint density at radius 2 is 2.44 bits per heavy atom. The number of thiazole rings is 1. The SMILES string of the molecule is CCNC(=O)Nc1nc2c(s1)-c1[nH]ncc1CC2. The number of H-pyrrole nitrogens is 1. The Morgan fingerprint density at radius 3 is 3.28 bits per heavy atom. The van der Waals surface area contributed by atoms with Crippen molar-refractivity contribution in [3.63, 3.8) is 0 Å². The molecule has 0 saturated carbocycles. The monoisotopic (exact) mass is 263 g/mol. The quantitative estimate of drug-likeness (QED) is 0.772. The number of aryl methyl sites for hydroxylation is 2. The van der Waals surface area contributed by atoms with Crippen LogP contribution in [0.15, 0.2) is 6.20 Å². The van der Waals surface area contributed by atoms with Crippen LogP contribution in [0.5, 0.6) is 0 Å². The summed E-state index contributed by atoms with van der Waals surface area (Å²) in [7, 11) is 0. The number of carbonyl (C=O) groups excluding carboxylic acids is 1. The maximum atomic E-state index is 11.4. The summed E-state index contributed by atoms with van der Waals surface area (Å²) in [6, 6.07) is -0.214. The number of fused-ring (bicyclic) bond motifs is 3. The molecule has 0 fully saturated rings. The minimum atomic E-state index is -0.214. The molecule has 3 rings (SSSR count). The van der Waals surface area contributed by atoms with E-state index in [0.29, 0.717) is 11.7 Å². The molecule has 1 aliphatic rings. The predicted octanol–water partition coefficient (Wildman–Crippen LogP) is 1.77. The van der Waals surface area contributed by atoms with Crippen LogP contribution in [0.1, 0.15) is 18.2 Å². The molecule has 6 nitrogen and oxygen atoms in total. The van der Waals surface area contributed by atoms with E-state index in [1.807, 2.05) is 13.1 Å². The number of urea groups is 1. The van der Waals surface area contributed by atoms with Crippen LogP contribution in [0.4, 0.5) is 9.93 Å². The number of nitrogens with zero attached hydrogens (tertiary/aromatic N) is 2. The molecular formula is C11H13N5OS. The maximum absolute atomic E-state index is 11.4. The summed E-state index contributed by atoms with van der Waals surface area (Å²) >= 11 is 1.48. The van der Waals surface area contributed by atoms with Crippen LogP contribution in [0.3, 0.4) is 0 Å². The number of carbonyl (C=O) groups is 1. The van der Waals surface area contributed by atoms with Crippen LogP contribution < -0.4 is 10.6 Å². The molecule has 0 unspecified atom stereocenters. The van der Waals surface area contributed by atoms with E-state index in [4.69, 9.17) is 0 Å². The topological polar surface area (TPSA) is 82.7 Å². The van der Waals surface area contributed by atoms with Gasteiger partial charge in [0.05, 0.1) is 22.5 Å². The first-order valence-corrected chi connectivity index (χ1v) is 6.66. The Kier molecular flexibility index (Phi) is 2.75. The molecule has 3 N–H and O–H groups in total. The van der Waals surface area contributed by atoms with Crippen molar-refractivity contribution in [2.45, 2.75) is 19.8 Å². The molecule has 94 valence electrons. The van der Waals surface area contributed by atoms with Crippen LogP contribution in [-0.2, 0) is 12.8 Å². The summed E-state index contributed by atoms with van der Waals surface area (Å²) < 4.78 is 0. The van der Waals surface area contributed by atoms with Crippen molar-refractivity contribution >= 4 is 22.5 Å². The predicted molar refractivity (Wildman–Crippen MR) is 69.8 cm³/mol. The van der Waals surface area contributed by atoms with E-state index < -0.39 is 0 Å². The highest BCUT2D eigenvalue weighted by Gasteiger charge is 2.22. The Hall–Kier alpha value is -1.89. The van der Waals surface area contributed by atoms with Crippen LogP contribution in [0, 0.1) is 0 Å². The summed E-state index contributed by atoms with van der Waals surface area (Å²) in [6.45, 7) is 2.48. The third kappa shape index (κ3) is 1.86. The lowest BCUT2D eigenvalue weighted by Crippen LogP contribution is -2.28. The summed E-state index contributed by atoms with van der Waals surface area (Å²) in [6.07, 6.45) is 3.70. The minimum absolute atomic E-state index is 0.214. The molecule has 0 saturated heterocycles. The second-order valence-corrected chi connectivity index (χ2v) is 5.05. The fourth-order valence-electron chi connectivity index (χ4n) is 2.02. The van der Waals surface area contributed by atoms with E-state index in [-0.39, 0.29) is 6.03 Å². The van der Waals surface area contributed by atoms with Gasteiger partial charge in [0.25, 0.3) is 0 Å². The van der Waals surface area contributed by atoms with E-state index in [0.717, 1.165) is 29.1 Å². The van der Waals surface area contributed by atoms with Gasteiger partial charge in [0.15, 0.2) is 5.13 Å². The number of nitrogens with one attached hydrogen (secondary N) is 3. The van der Waals surface area contributed by atoms with Gasteiger partial charge in [-0.25, -0.2) is 9.78 Å². The molecule has 2 amide bonds. The molecule has 0 bridgehead atoms. The molecule has 0 spiro atoms. The van der Waals surface area contributed by atoms with Gasteiger partial charge in [0.1, 0.15) is 0 Å². The highest BCUT2D eigenvalue weighted by Crippen LogP contribution is 2.37. The second kappa shape index (κ2) is 4.41. The number of aromatic nitrogens is 3. The molecule has 2 aromatic heterocycles. The molecule has 1 aliphatic carbocycles. The van der Waals surface area contributed by atoms with Gasteiger partial charge in [-0.3, -0.25) is 10.4 Å². The van der Waals surface area contributed by atoms with Crippen LogP contribution >= 0.6 is 11.3 Å². The highest BCUT2D eigenvalue weighted by atomic mass is 32.1. The van der Waals surface area contributed by atoms with Crippen LogP contribution in [0.25, 0.3) is 10.6 Å². The molecular weight excluding hydrogens is 250 g/mol. The first-order chi connectivity index (χ1) is 8.78. The van der Waals surface area contributed by atoms with Crippen molar-refractivity contribution < 1.29 is 4.79 Å². The normalized spacial score (nSPS) is 12.7. The van der Waals surface area contributed by atoms with Crippen LogP contribution in [-0.4, -0.2) is 27.8 Å². The van der Waals surface area contributed by atoms with Crippen molar-refractivity contribution in [3.05, 3.63) is 17.5 Å². The van der Waals surface area contributed by atoms with E-state index in [1.54, 1.807) is 0 Å². The zero-order valence-corrected chi connectivity index (χ0v) is 10.7. The number of hydrogen-bond donors (Lipinski definition) is 3. The van der Waals surface area contributed by atoms with Gasteiger partial charge < -0.3 is 5.32 Å². The van der Waals surface area contributed by atoms with Crippen LogP contribution in [0.2, 0.25) is 0 Å². The summed E-state index contributed by atoms with van der Waals surface area (Å²) in [4.78, 5) is 17.0. The highest BCUT2D eigenvalue weighted by molar-refractivity contribution is 7.19. The third-order valence-electron chi connectivity index (χ3n) is 2.83. The van der Waals surface area contributed by atoms with Crippen molar-refractivity contribution in [1.82, 2.24) is 20.5 Å². The van der Waals surface area contributed by atoms with E-state index in [1.165, 1.54) is 16.9 Å². The maximum Gasteiger partial charge on any atom is 0.321 e. The summed E-state index contributed by atoms with van der Waals surface area (Å²) in [5, 5.41) is 13.1. The average molecular weight is 263 g/mol. The van der Waals surface area contributed by atoms with Gasteiger partial charge in [-0.15, -0.1) is 0 Å². The van der Waals surface area contributed by atoms with Crippen molar-refractivity contribution in [2.24, 2.45) is 0 Å². The lowest BCUT2D eigenvalue weighted by atomic mass is 10.0. The van der Waals surface area contributed by atoms with Gasteiger partial charge in [0.2, 0.25) is 0 Å². The van der Waals surface area contributed by atoms with Gasteiger partial charge in [-0.1, -0.05) is 11.3 Å². The Bertz CT molecular complexity index is 588. The number of amides is 2. The third-order valence-corrected chi connectivity index (χ3v) is 3.86. The average Bonchev–Trinajstić information content (AvgIpc) is 2.92. The van der Waals surface area contributed by atoms with Crippen molar-refractivity contribution in [3.8, 4) is 10.6 Å². The Morgan fingerprint density at radius 1 is 1.56 bits per heavy atom.